The first-order chi connectivity index (χ1) is 13.3. The van der Waals surface area contributed by atoms with Crippen LogP contribution in [0.3, 0.4) is 0 Å². The molecule has 9 nitrogen and oxygen atoms in total. The molecule has 0 aliphatic carbocycles. The number of hydrogen-bond donors (Lipinski definition) is 3. The van der Waals surface area contributed by atoms with Crippen LogP contribution in [0, 0.1) is 6.92 Å². The van der Waals surface area contributed by atoms with Gasteiger partial charge in [-0.05, 0) is 37.1 Å². The summed E-state index contributed by atoms with van der Waals surface area (Å²) in [6, 6.07) is 6.35. The Labute approximate surface area is 162 Å². The Morgan fingerprint density at radius 3 is 2.82 bits per heavy atom. The van der Waals surface area contributed by atoms with E-state index in [1.54, 1.807) is 19.1 Å². The van der Waals surface area contributed by atoms with E-state index in [2.05, 4.69) is 20.1 Å². The Balaban J connectivity index is 1.94. The van der Waals surface area contributed by atoms with Crippen molar-refractivity contribution in [3.8, 4) is 0 Å². The number of carbonyl (C=O) groups is 1. The first kappa shape index (κ1) is 19.8. The van der Waals surface area contributed by atoms with Gasteiger partial charge in [0.2, 0.25) is 10.0 Å². The Hall–Kier alpha value is -2.98. The molecule has 0 aliphatic heterocycles. The predicted molar refractivity (Wildman–Crippen MR) is 105 cm³/mol. The van der Waals surface area contributed by atoms with Gasteiger partial charge in [0.25, 0.3) is 0 Å². The van der Waals surface area contributed by atoms with Crippen molar-refractivity contribution in [1.82, 2.24) is 19.3 Å². The highest BCUT2D eigenvalue weighted by molar-refractivity contribution is 7.89. The zero-order valence-electron chi connectivity index (χ0n) is 15.5. The molecule has 0 spiro atoms. The number of aryl methyl sites for hydroxylation is 1. The van der Waals surface area contributed by atoms with E-state index in [1.807, 2.05) is 6.92 Å². The second kappa shape index (κ2) is 7.95. The van der Waals surface area contributed by atoms with Crippen molar-refractivity contribution in [2.45, 2.75) is 31.6 Å². The molecule has 0 unspecified atom stereocenters. The van der Waals surface area contributed by atoms with Gasteiger partial charge in [0, 0.05) is 18.4 Å². The molecular formula is C18H21N5O4S. The minimum absolute atomic E-state index is 0.125. The van der Waals surface area contributed by atoms with E-state index in [0.29, 0.717) is 29.1 Å². The van der Waals surface area contributed by atoms with Crippen LogP contribution in [0.25, 0.3) is 5.52 Å². The number of nitrogens with zero attached hydrogens (tertiary/aromatic N) is 3. The monoisotopic (exact) mass is 403 g/mol. The summed E-state index contributed by atoms with van der Waals surface area (Å²) >= 11 is 0. The number of benzene rings is 1. The standard InChI is InChI=1S/C18H21N5O4S/c1-3-4-8-21-28(26,27)14-7-5-6-13(9-14)22-17-16-12(2)15(18(24)25)10-23(16)20-11-19-17/h5-7,9-11,21H,3-4,8H2,1-2H3,(H,24,25)(H,19,20,22). The first-order valence-corrected chi connectivity index (χ1v) is 10.2. The van der Waals surface area contributed by atoms with Crippen LogP contribution in [0.4, 0.5) is 11.5 Å². The molecule has 0 bridgehead atoms. The molecule has 0 aliphatic rings. The third-order valence-electron chi connectivity index (χ3n) is 4.29. The van der Waals surface area contributed by atoms with Gasteiger partial charge >= 0.3 is 5.97 Å². The summed E-state index contributed by atoms with van der Waals surface area (Å²) in [6.45, 7) is 4.04. The summed E-state index contributed by atoms with van der Waals surface area (Å²) in [5, 5.41) is 16.4. The fraction of sp³-hybridized carbons (Fsp3) is 0.278. The Bertz CT molecular complexity index is 1120. The molecule has 3 aromatic rings. The molecule has 0 fully saturated rings. The third-order valence-corrected chi connectivity index (χ3v) is 5.75. The van der Waals surface area contributed by atoms with Gasteiger partial charge in [-0.3, -0.25) is 0 Å². The molecule has 3 rings (SSSR count). The summed E-state index contributed by atoms with van der Waals surface area (Å²) in [4.78, 5) is 15.7. The molecule has 1 aromatic carbocycles. The van der Waals surface area contributed by atoms with Gasteiger partial charge in [0.1, 0.15) is 11.8 Å². The number of unbranched alkanes of at least 4 members (excludes halogenated alkanes) is 1. The van der Waals surface area contributed by atoms with Gasteiger partial charge in [-0.1, -0.05) is 19.4 Å². The first-order valence-electron chi connectivity index (χ1n) is 8.76. The largest absolute Gasteiger partial charge is 0.478 e. The smallest absolute Gasteiger partial charge is 0.337 e. The number of nitrogens with one attached hydrogen (secondary N) is 2. The zero-order valence-corrected chi connectivity index (χ0v) is 16.3. The van der Waals surface area contributed by atoms with Gasteiger partial charge in [0.05, 0.1) is 10.5 Å². The molecule has 2 heterocycles. The lowest BCUT2D eigenvalue weighted by atomic mass is 10.2. The van der Waals surface area contributed by atoms with Crippen LogP contribution in [0.1, 0.15) is 35.7 Å². The van der Waals surface area contributed by atoms with Crippen molar-refractivity contribution >= 4 is 33.0 Å². The highest BCUT2D eigenvalue weighted by Crippen LogP contribution is 2.26. The van der Waals surface area contributed by atoms with Crippen LogP contribution >= 0.6 is 0 Å². The number of anilines is 2. The van der Waals surface area contributed by atoms with E-state index in [1.165, 1.54) is 29.2 Å². The van der Waals surface area contributed by atoms with Crippen molar-refractivity contribution in [1.29, 1.82) is 0 Å². The molecule has 28 heavy (non-hydrogen) atoms. The third kappa shape index (κ3) is 3.97. The highest BCUT2D eigenvalue weighted by atomic mass is 32.2. The quantitative estimate of drug-likeness (QED) is 0.494. The topological polar surface area (TPSA) is 126 Å². The number of aromatic nitrogens is 3. The van der Waals surface area contributed by atoms with Gasteiger partial charge in [-0.15, -0.1) is 0 Å². The van der Waals surface area contributed by atoms with Gasteiger partial charge in [0.15, 0.2) is 5.82 Å². The van der Waals surface area contributed by atoms with E-state index in [-0.39, 0.29) is 10.5 Å². The van der Waals surface area contributed by atoms with Gasteiger partial charge in [-0.25, -0.2) is 27.4 Å². The Morgan fingerprint density at radius 2 is 2.11 bits per heavy atom. The van der Waals surface area contributed by atoms with E-state index < -0.39 is 16.0 Å². The number of fused-ring (bicyclic) bond motifs is 1. The van der Waals surface area contributed by atoms with Crippen LogP contribution < -0.4 is 10.0 Å². The van der Waals surface area contributed by atoms with Crippen molar-refractivity contribution in [2.24, 2.45) is 0 Å². The summed E-state index contributed by atoms with van der Waals surface area (Å²) in [5.74, 6) is -0.673. The molecule has 0 radical (unpaired) electrons. The van der Waals surface area contributed by atoms with Crippen molar-refractivity contribution in [2.75, 3.05) is 11.9 Å². The minimum atomic E-state index is -3.61. The van der Waals surface area contributed by atoms with Crippen molar-refractivity contribution < 1.29 is 18.3 Å². The van der Waals surface area contributed by atoms with E-state index in [4.69, 9.17) is 0 Å². The van der Waals surface area contributed by atoms with Gasteiger partial charge in [-0.2, -0.15) is 5.10 Å². The van der Waals surface area contributed by atoms with Crippen molar-refractivity contribution in [3.05, 3.63) is 47.9 Å². The maximum Gasteiger partial charge on any atom is 0.337 e. The fourth-order valence-corrected chi connectivity index (χ4v) is 3.93. The molecule has 2 aromatic heterocycles. The summed E-state index contributed by atoms with van der Waals surface area (Å²) in [6.07, 6.45) is 4.37. The lowest BCUT2D eigenvalue weighted by Crippen LogP contribution is -2.24. The summed E-state index contributed by atoms with van der Waals surface area (Å²) < 4.78 is 28.8. The van der Waals surface area contributed by atoms with E-state index >= 15 is 0 Å². The number of carboxylic acids is 1. The number of sulfonamides is 1. The van der Waals surface area contributed by atoms with Gasteiger partial charge < -0.3 is 10.4 Å². The minimum Gasteiger partial charge on any atom is -0.478 e. The maximum atomic E-state index is 12.4. The summed E-state index contributed by atoms with van der Waals surface area (Å²) in [5.41, 5.74) is 1.66. The zero-order chi connectivity index (χ0) is 20.3. The Morgan fingerprint density at radius 1 is 1.32 bits per heavy atom. The van der Waals surface area contributed by atoms with Crippen molar-refractivity contribution in [3.63, 3.8) is 0 Å². The molecule has 0 atom stereocenters. The SMILES string of the molecule is CCCCNS(=O)(=O)c1cccc(Nc2ncnn3cc(C(=O)O)c(C)c23)c1. The molecule has 10 heteroatoms. The second-order valence-electron chi connectivity index (χ2n) is 6.28. The van der Waals surface area contributed by atoms with Crippen LogP contribution in [-0.2, 0) is 10.0 Å². The molecular weight excluding hydrogens is 382 g/mol. The van der Waals surface area contributed by atoms with Crippen LogP contribution in [0.2, 0.25) is 0 Å². The van der Waals surface area contributed by atoms with Crippen LogP contribution in [0.15, 0.2) is 41.7 Å². The Kier molecular flexibility index (Phi) is 5.61. The lowest BCUT2D eigenvalue weighted by molar-refractivity contribution is 0.0696. The summed E-state index contributed by atoms with van der Waals surface area (Å²) in [7, 11) is -3.61. The maximum absolute atomic E-state index is 12.4. The normalized spacial score (nSPS) is 11.6. The predicted octanol–water partition coefficient (Wildman–Crippen LogP) is 2.56. The molecule has 3 N–H and O–H groups in total. The van der Waals surface area contributed by atoms with E-state index in [0.717, 1.165) is 12.8 Å². The van der Waals surface area contributed by atoms with Crippen LogP contribution in [-0.4, -0.2) is 40.6 Å². The second-order valence-corrected chi connectivity index (χ2v) is 8.05. The number of rotatable bonds is 8. The molecule has 0 saturated heterocycles. The average Bonchev–Trinajstić information content (AvgIpc) is 3.00. The molecule has 0 amide bonds. The fourth-order valence-electron chi connectivity index (χ4n) is 2.81. The lowest BCUT2D eigenvalue weighted by Gasteiger charge is -2.10. The molecule has 0 saturated carbocycles. The molecule has 148 valence electrons. The number of carboxylic acid groups (broad SMARTS) is 1. The number of aromatic carboxylic acids is 1. The average molecular weight is 403 g/mol. The number of hydrogen-bond acceptors (Lipinski definition) is 6. The van der Waals surface area contributed by atoms with E-state index in [9.17, 15) is 18.3 Å². The van der Waals surface area contributed by atoms with Crippen LogP contribution in [0.5, 0.6) is 0 Å². The highest BCUT2D eigenvalue weighted by Gasteiger charge is 2.18.